The number of anilines is 1. The zero-order valence-electron chi connectivity index (χ0n) is 19.0. The normalized spacial score (nSPS) is 21.9. The van der Waals surface area contributed by atoms with Crippen LogP contribution in [-0.4, -0.2) is 71.7 Å². The summed E-state index contributed by atoms with van der Waals surface area (Å²) in [6, 6.07) is 12.2. The van der Waals surface area contributed by atoms with Crippen molar-refractivity contribution in [2.24, 2.45) is 5.84 Å². The average molecular weight is 465 g/mol. The van der Waals surface area contributed by atoms with Gasteiger partial charge in [-0.05, 0) is 30.7 Å². The topological polar surface area (TPSA) is 125 Å². The van der Waals surface area contributed by atoms with Crippen LogP contribution in [0.1, 0.15) is 33.7 Å². The third-order valence-electron chi connectivity index (χ3n) is 6.95. The van der Waals surface area contributed by atoms with Gasteiger partial charge in [-0.1, -0.05) is 12.1 Å². The third kappa shape index (κ3) is 3.74. The smallest absolute Gasteiger partial charge is 0.404 e. The SMILES string of the molecule is COc1ccccc1N1CC2CC1CN2CCC[NH2+]C1=C([N+](N)=O)C(=O)c2ncccc2C1=O. The van der Waals surface area contributed by atoms with Gasteiger partial charge in [-0.2, -0.15) is 5.84 Å². The van der Waals surface area contributed by atoms with Gasteiger partial charge in [-0.3, -0.25) is 19.5 Å². The number of fused-ring (bicyclic) bond motifs is 3. The molecule has 0 amide bonds. The number of para-hydroxylation sites is 2. The number of methoxy groups -OCH3 is 1. The maximum absolute atomic E-state index is 12.9. The van der Waals surface area contributed by atoms with Gasteiger partial charge in [0.1, 0.15) is 11.4 Å². The number of benzene rings is 1. The van der Waals surface area contributed by atoms with Crippen molar-refractivity contribution in [1.82, 2.24) is 9.88 Å². The number of nitroso groups, excluding NO2 is 1. The average Bonchev–Trinajstić information content (AvgIpc) is 3.45. The first-order valence-corrected chi connectivity index (χ1v) is 11.5. The van der Waals surface area contributed by atoms with E-state index in [1.165, 1.54) is 6.20 Å². The standard InChI is InChI=1S/C24H26N6O4/c1-34-19-8-3-2-7-18(19)29-14-15-12-16(29)13-28(15)11-5-10-27-21-22(30(25)33)24(32)20-17(23(21)31)6-4-9-26-20/h2-4,6-9,15-16H,5,10-14H2,1H3,(H2-,25,27,32,33)/p+2. The molecule has 2 saturated heterocycles. The quantitative estimate of drug-likeness (QED) is 0.247. The fourth-order valence-electron chi connectivity index (χ4n) is 5.39. The summed E-state index contributed by atoms with van der Waals surface area (Å²) >= 11 is 0. The van der Waals surface area contributed by atoms with Crippen LogP contribution in [0.15, 0.2) is 54.0 Å². The van der Waals surface area contributed by atoms with E-state index in [1.807, 2.05) is 18.2 Å². The molecule has 1 aliphatic carbocycles. The molecular weight excluding hydrogens is 436 g/mol. The van der Waals surface area contributed by atoms with E-state index in [1.54, 1.807) is 24.6 Å². The Morgan fingerprint density at radius 1 is 1.15 bits per heavy atom. The molecule has 2 fully saturated rings. The van der Waals surface area contributed by atoms with Crippen molar-refractivity contribution in [3.63, 3.8) is 0 Å². The highest BCUT2D eigenvalue weighted by atomic mass is 16.5. The summed E-state index contributed by atoms with van der Waals surface area (Å²) in [4.78, 5) is 46.4. The number of pyridine rings is 1. The van der Waals surface area contributed by atoms with E-state index in [0.29, 0.717) is 18.6 Å². The number of rotatable bonds is 8. The van der Waals surface area contributed by atoms with E-state index in [-0.39, 0.29) is 27.5 Å². The summed E-state index contributed by atoms with van der Waals surface area (Å²) in [5.41, 5.74) is 1.04. The highest BCUT2D eigenvalue weighted by molar-refractivity contribution is 6.23. The number of Topliss-reactive ketones (excluding diaryl/α,β-unsaturated/α-hetero) is 2. The van der Waals surface area contributed by atoms with Crippen molar-refractivity contribution in [3.8, 4) is 5.75 Å². The maximum atomic E-state index is 12.9. The molecule has 2 aromatic rings. The predicted octanol–water partition coefficient (Wildman–Crippen LogP) is 0.250. The minimum absolute atomic E-state index is 0.0183. The first-order chi connectivity index (χ1) is 16.5. The van der Waals surface area contributed by atoms with Crippen LogP contribution in [0, 0.1) is 4.91 Å². The first-order valence-electron chi connectivity index (χ1n) is 11.5. The highest BCUT2D eigenvalue weighted by Gasteiger charge is 2.46. The van der Waals surface area contributed by atoms with Crippen molar-refractivity contribution in [2.45, 2.75) is 24.9 Å². The minimum atomic E-state index is -0.618. The Morgan fingerprint density at radius 3 is 2.71 bits per heavy atom. The molecular formula is C24H28N6O4+2. The number of aromatic nitrogens is 1. The number of hydrazine groups is 1. The van der Waals surface area contributed by atoms with Gasteiger partial charge in [0.25, 0.3) is 17.3 Å². The van der Waals surface area contributed by atoms with Crippen LogP contribution >= 0.6 is 0 Å². The lowest BCUT2D eigenvalue weighted by Crippen LogP contribution is -2.85. The number of ether oxygens (including phenoxy) is 1. The van der Waals surface area contributed by atoms with E-state index in [0.717, 1.165) is 43.9 Å². The number of hydrogen-bond acceptors (Lipinski definition) is 7. The number of likely N-dealkylation sites (tertiary alicyclic amines) is 1. The Hall–Kier alpha value is -3.63. The van der Waals surface area contributed by atoms with Gasteiger partial charge < -0.3 is 15.0 Å². The molecule has 176 valence electrons. The summed E-state index contributed by atoms with van der Waals surface area (Å²) in [6.45, 7) is 3.37. The second kappa shape index (κ2) is 8.96. The van der Waals surface area contributed by atoms with E-state index in [9.17, 15) is 14.5 Å². The van der Waals surface area contributed by atoms with Crippen molar-refractivity contribution >= 4 is 17.3 Å². The minimum Gasteiger partial charge on any atom is -0.495 e. The van der Waals surface area contributed by atoms with Crippen LogP contribution in [0.25, 0.3) is 0 Å². The predicted molar refractivity (Wildman–Crippen MR) is 123 cm³/mol. The summed E-state index contributed by atoms with van der Waals surface area (Å²) in [7, 11) is 1.70. The number of nitrogens with zero attached hydrogens (tertiary/aromatic N) is 4. The second-order valence-electron chi connectivity index (χ2n) is 8.85. The maximum Gasteiger partial charge on any atom is 0.404 e. The number of hydrogen-bond donors (Lipinski definition) is 2. The Balaban J connectivity index is 1.19. The number of nitrogens with two attached hydrogens (primary N) is 2. The van der Waals surface area contributed by atoms with Crippen molar-refractivity contribution in [2.75, 3.05) is 38.2 Å². The molecule has 1 aromatic carbocycles. The molecule has 5 rings (SSSR count). The van der Waals surface area contributed by atoms with Crippen molar-refractivity contribution in [3.05, 3.63) is 70.2 Å². The Morgan fingerprint density at radius 2 is 1.97 bits per heavy atom. The van der Waals surface area contributed by atoms with Gasteiger partial charge in [0.05, 0.1) is 29.8 Å². The van der Waals surface area contributed by atoms with Gasteiger partial charge in [0, 0.05) is 44.3 Å². The molecule has 3 aliphatic rings. The Labute approximate surface area is 196 Å². The number of quaternary nitrogens is 1. The van der Waals surface area contributed by atoms with Crippen LogP contribution in [0.5, 0.6) is 5.75 Å². The molecule has 1 aromatic heterocycles. The number of carbonyl (C=O) groups excluding carboxylic acids is 2. The molecule has 10 nitrogen and oxygen atoms in total. The Bertz CT molecular complexity index is 1200. The summed E-state index contributed by atoms with van der Waals surface area (Å²) in [6.07, 6.45) is 3.34. The molecule has 10 heteroatoms. The van der Waals surface area contributed by atoms with Crippen LogP contribution in [0.3, 0.4) is 0 Å². The Kier molecular flexibility index (Phi) is 5.84. The fraction of sp³-hybridized carbons (Fsp3) is 0.375. The molecule has 34 heavy (non-hydrogen) atoms. The fourth-order valence-corrected chi connectivity index (χ4v) is 5.39. The number of piperazine rings is 1. The third-order valence-corrected chi connectivity index (χ3v) is 6.95. The van der Waals surface area contributed by atoms with Crippen LogP contribution in [0.4, 0.5) is 5.69 Å². The van der Waals surface area contributed by atoms with Crippen molar-refractivity contribution < 1.29 is 24.5 Å². The molecule has 0 spiro atoms. The molecule has 2 unspecified atom stereocenters. The molecule has 0 saturated carbocycles. The molecule has 4 N–H and O–H groups in total. The van der Waals surface area contributed by atoms with Crippen LogP contribution in [0.2, 0.25) is 0 Å². The van der Waals surface area contributed by atoms with E-state index >= 15 is 0 Å². The lowest BCUT2D eigenvalue weighted by atomic mass is 9.94. The lowest BCUT2D eigenvalue weighted by Gasteiger charge is -2.36. The lowest BCUT2D eigenvalue weighted by molar-refractivity contribution is -0.613. The molecule has 2 bridgehead atoms. The highest BCUT2D eigenvalue weighted by Crippen LogP contribution is 2.38. The van der Waals surface area contributed by atoms with Gasteiger partial charge in [-0.25, -0.2) is 0 Å². The summed E-state index contributed by atoms with van der Waals surface area (Å²) < 4.78 is 5.54. The van der Waals surface area contributed by atoms with Gasteiger partial charge >= 0.3 is 5.70 Å². The number of carbonyl (C=O) groups is 2. The van der Waals surface area contributed by atoms with Crippen LogP contribution in [-0.2, 0) is 0 Å². The second-order valence-corrected chi connectivity index (χ2v) is 8.85. The molecule has 2 aliphatic heterocycles. The molecule has 3 heterocycles. The largest absolute Gasteiger partial charge is 0.495 e. The first kappa shape index (κ1) is 22.2. The zero-order valence-corrected chi connectivity index (χ0v) is 19.0. The zero-order chi connectivity index (χ0) is 23.8. The van der Waals surface area contributed by atoms with Crippen LogP contribution < -0.4 is 20.8 Å². The van der Waals surface area contributed by atoms with E-state index < -0.39 is 11.6 Å². The summed E-state index contributed by atoms with van der Waals surface area (Å²) in [5.74, 6) is 5.26. The van der Waals surface area contributed by atoms with E-state index in [4.69, 9.17) is 10.6 Å². The van der Waals surface area contributed by atoms with Gasteiger partial charge in [0.2, 0.25) is 0 Å². The number of allylic oxidation sites excluding steroid dienone is 2. The summed E-state index contributed by atoms with van der Waals surface area (Å²) in [5, 5.41) is 1.67. The number of ketones is 2. The molecule has 0 radical (unpaired) electrons. The molecule has 2 atom stereocenters. The van der Waals surface area contributed by atoms with E-state index in [2.05, 4.69) is 20.9 Å². The van der Waals surface area contributed by atoms with Crippen molar-refractivity contribution in [1.29, 1.82) is 0 Å². The monoisotopic (exact) mass is 464 g/mol. The van der Waals surface area contributed by atoms with Gasteiger partial charge in [0.15, 0.2) is 4.87 Å². The van der Waals surface area contributed by atoms with Gasteiger partial charge in [-0.15, -0.1) is 0 Å².